The summed E-state index contributed by atoms with van der Waals surface area (Å²) >= 11 is 0. The molecule has 1 aromatic heterocycles. The minimum Gasteiger partial charge on any atom is -0.496 e. The summed E-state index contributed by atoms with van der Waals surface area (Å²) in [5.74, 6) is -0.107. The fraction of sp³-hybridized carbons (Fsp3) is 0.154. The molecule has 0 bridgehead atoms. The molecule has 0 saturated carbocycles. The van der Waals surface area contributed by atoms with Crippen molar-refractivity contribution in [1.29, 1.82) is 0 Å². The van der Waals surface area contributed by atoms with Crippen molar-refractivity contribution in [2.45, 2.75) is 5.16 Å². The van der Waals surface area contributed by atoms with Crippen LogP contribution in [0.5, 0.6) is 5.75 Å². The van der Waals surface area contributed by atoms with Gasteiger partial charge in [-0.2, -0.15) is 0 Å². The van der Waals surface area contributed by atoms with Crippen LogP contribution in [0.4, 0.5) is 0 Å². The maximum Gasteiger partial charge on any atom is 0.267 e. The van der Waals surface area contributed by atoms with Gasteiger partial charge in [0, 0.05) is 11.8 Å². The molecule has 2 rings (SSSR count). The highest BCUT2D eigenvalue weighted by Gasteiger charge is 2.14. The zero-order chi connectivity index (χ0) is 14.7. The van der Waals surface area contributed by atoms with Crippen LogP contribution >= 0.6 is 0 Å². The van der Waals surface area contributed by atoms with Crippen molar-refractivity contribution in [2.75, 3.05) is 13.4 Å². The minimum atomic E-state index is -1.42. The van der Waals surface area contributed by atoms with Gasteiger partial charge >= 0.3 is 0 Å². The van der Waals surface area contributed by atoms with E-state index in [2.05, 4.69) is 9.97 Å². The number of ether oxygens (including phenoxy) is 1. The second kappa shape index (κ2) is 5.79. The largest absolute Gasteiger partial charge is 0.496 e. The summed E-state index contributed by atoms with van der Waals surface area (Å²) in [5.41, 5.74) is 6.37. The number of methoxy groups -OCH3 is 1. The van der Waals surface area contributed by atoms with Crippen LogP contribution in [0.15, 0.2) is 35.5 Å². The molecule has 2 N–H and O–H groups in total. The number of rotatable bonds is 4. The Kier molecular flexibility index (Phi) is 4.09. The number of nitrogens with two attached hydrogens (primary N) is 1. The summed E-state index contributed by atoms with van der Waals surface area (Å²) in [5, 5.41) is 0.0576. The second-order valence-electron chi connectivity index (χ2n) is 3.94. The van der Waals surface area contributed by atoms with E-state index in [1.807, 2.05) is 12.1 Å². The molecule has 1 atom stereocenters. The van der Waals surface area contributed by atoms with Crippen molar-refractivity contribution < 1.29 is 13.7 Å². The Balaban J connectivity index is 2.67. The Morgan fingerprint density at radius 2 is 2.00 bits per heavy atom. The summed E-state index contributed by atoms with van der Waals surface area (Å²) in [6.45, 7) is 0. The van der Waals surface area contributed by atoms with Crippen molar-refractivity contribution in [1.82, 2.24) is 9.97 Å². The molecule has 7 heteroatoms. The molecule has 0 radical (unpaired) electrons. The van der Waals surface area contributed by atoms with Crippen molar-refractivity contribution in [3.8, 4) is 17.0 Å². The van der Waals surface area contributed by atoms with Crippen LogP contribution in [-0.4, -0.2) is 33.4 Å². The van der Waals surface area contributed by atoms with Crippen LogP contribution in [0.1, 0.15) is 10.5 Å². The molecule has 0 aliphatic heterocycles. The van der Waals surface area contributed by atoms with Crippen molar-refractivity contribution in [3.05, 3.63) is 36.0 Å². The molecule has 0 spiro atoms. The lowest BCUT2D eigenvalue weighted by molar-refractivity contribution is 0.0994. The maximum atomic E-state index is 11.6. The average Bonchev–Trinajstić information content (AvgIpc) is 2.46. The highest BCUT2D eigenvalue weighted by molar-refractivity contribution is 7.84. The molecule has 6 nitrogen and oxygen atoms in total. The first-order valence-electron chi connectivity index (χ1n) is 5.68. The average molecular weight is 291 g/mol. The van der Waals surface area contributed by atoms with Gasteiger partial charge in [-0.3, -0.25) is 9.00 Å². The van der Waals surface area contributed by atoms with Gasteiger partial charge in [0.1, 0.15) is 11.4 Å². The van der Waals surface area contributed by atoms with Crippen LogP contribution < -0.4 is 10.5 Å². The molecule has 0 aliphatic carbocycles. The standard InChI is InChI=1S/C13H13N3O3S/c1-19-11-6-4-3-5-8(11)9-7-10(12(14)17)16-13(15-9)20(2)18/h3-7H,1-2H3,(H2,14,17). The maximum absolute atomic E-state index is 11.6. The number of carbonyl (C=O) groups excluding carboxylic acids is 1. The van der Waals surface area contributed by atoms with Crippen LogP contribution in [0.2, 0.25) is 0 Å². The zero-order valence-electron chi connectivity index (χ0n) is 11.0. The molecular formula is C13H13N3O3S. The van der Waals surface area contributed by atoms with E-state index in [-0.39, 0.29) is 10.9 Å². The summed E-state index contributed by atoms with van der Waals surface area (Å²) in [7, 11) is 0.116. The molecule has 0 fully saturated rings. The molecule has 1 heterocycles. The number of hydrogen-bond donors (Lipinski definition) is 1. The van der Waals surface area contributed by atoms with Gasteiger partial charge in [-0.1, -0.05) is 12.1 Å². The van der Waals surface area contributed by atoms with Gasteiger partial charge in [0.2, 0.25) is 5.16 Å². The topological polar surface area (TPSA) is 95.2 Å². The fourth-order valence-corrected chi connectivity index (χ4v) is 2.13. The lowest BCUT2D eigenvalue weighted by Crippen LogP contribution is -2.15. The van der Waals surface area contributed by atoms with Gasteiger partial charge in [0.05, 0.1) is 23.6 Å². The van der Waals surface area contributed by atoms with Gasteiger partial charge in [0.15, 0.2) is 0 Å². The van der Waals surface area contributed by atoms with E-state index in [0.29, 0.717) is 17.0 Å². The summed E-state index contributed by atoms with van der Waals surface area (Å²) < 4.78 is 16.8. The first-order valence-corrected chi connectivity index (χ1v) is 7.24. The van der Waals surface area contributed by atoms with Gasteiger partial charge < -0.3 is 10.5 Å². The minimum absolute atomic E-state index is 0.0195. The predicted octanol–water partition coefficient (Wildman–Crippen LogP) is 0.988. The van der Waals surface area contributed by atoms with E-state index in [1.165, 1.54) is 19.4 Å². The van der Waals surface area contributed by atoms with E-state index in [9.17, 15) is 9.00 Å². The fourth-order valence-electron chi connectivity index (χ4n) is 1.67. The molecule has 1 aromatic carbocycles. The molecule has 2 aromatic rings. The SMILES string of the molecule is COc1ccccc1-c1cc(C(N)=O)nc(S(C)=O)n1. The van der Waals surface area contributed by atoms with E-state index in [1.54, 1.807) is 12.1 Å². The van der Waals surface area contributed by atoms with Crippen LogP contribution in [0.3, 0.4) is 0 Å². The first kappa shape index (κ1) is 14.1. The molecule has 0 saturated heterocycles. The van der Waals surface area contributed by atoms with Gasteiger partial charge in [-0.15, -0.1) is 0 Å². The number of amides is 1. The lowest BCUT2D eigenvalue weighted by Gasteiger charge is -2.09. The predicted molar refractivity (Wildman–Crippen MR) is 74.9 cm³/mol. The van der Waals surface area contributed by atoms with E-state index >= 15 is 0 Å². The molecule has 1 amide bonds. The number of aromatic nitrogens is 2. The Labute approximate surface area is 118 Å². The van der Waals surface area contributed by atoms with E-state index in [0.717, 1.165) is 0 Å². The third kappa shape index (κ3) is 2.83. The molecule has 1 unspecified atom stereocenters. The second-order valence-corrected chi connectivity index (χ2v) is 5.21. The highest BCUT2D eigenvalue weighted by atomic mass is 32.2. The third-order valence-corrected chi connectivity index (χ3v) is 3.29. The van der Waals surface area contributed by atoms with Crippen molar-refractivity contribution >= 4 is 16.7 Å². The Hall–Kier alpha value is -2.28. The number of primary amides is 1. The molecule has 104 valence electrons. The monoisotopic (exact) mass is 291 g/mol. The number of para-hydroxylation sites is 1. The zero-order valence-corrected chi connectivity index (χ0v) is 11.8. The third-order valence-electron chi connectivity index (χ3n) is 2.60. The summed E-state index contributed by atoms with van der Waals surface area (Å²) in [6.07, 6.45) is 1.44. The van der Waals surface area contributed by atoms with Gasteiger partial charge in [0.25, 0.3) is 5.91 Å². The van der Waals surface area contributed by atoms with Crippen molar-refractivity contribution in [3.63, 3.8) is 0 Å². The quantitative estimate of drug-likeness (QED) is 0.847. The molecule has 20 heavy (non-hydrogen) atoms. The molecular weight excluding hydrogens is 278 g/mol. The number of hydrogen-bond acceptors (Lipinski definition) is 5. The smallest absolute Gasteiger partial charge is 0.267 e. The van der Waals surface area contributed by atoms with E-state index in [4.69, 9.17) is 10.5 Å². The Bertz CT molecular complexity index is 656. The number of carbonyl (C=O) groups is 1. The normalized spacial score (nSPS) is 11.9. The van der Waals surface area contributed by atoms with Crippen LogP contribution in [0.25, 0.3) is 11.3 Å². The lowest BCUT2D eigenvalue weighted by atomic mass is 10.1. The number of benzene rings is 1. The van der Waals surface area contributed by atoms with Crippen molar-refractivity contribution in [2.24, 2.45) is 5.73 Å². The molecule has 0 aliphatic rings. The number of nitrogens with zero attached hydrogens (tertiary/aromatic N) is 2. The van der Waals surface area contributed by atoms with Crippen LogP contribution in [-0.2, 0) is 10.8 Å². The highest BCUT2D eigenvalue weighted by Crippen LogP contribution is 2.28. The summed E-state index contributed by atoms with van der Waals surface area (Å²) in [6, 6.07) is 8.64. The van der Waals surface area contributed by atoms with Gasteiger partial charge in [-0.25, -0.2) is 9.97 Å². The van der Waals surface area contributed by atoms with Gasteiger partial charge in [-0.05, 0) is 18.2 Å². The van der Waals surface area contributed by atoms with E-state index < -0.39 is 16.7 Å². The Morgan fingerprint density at radius 1 is 1.30 bits per heavy atom. The Morgan fingerprint density at radius 3 is 2.60 bits per heavy atom. The summed E-state index contributed by atoms with van der Waals surface area (Å²) in [4.78, 5) is 19.4. The first-order chi connectivity index (χ1) is 9.52. The van der Waals surface area contributed by atoms with Crippen LogP contribution in [0, 0.1) is 0 Å².